The Morgan fingerprint density at radius 2 is 0.600 bits per heavy atom. The van der Waals surface area contributed by atoms with Gasteiger partial charge in [0.15, 0.2) is 6.23 Å². The first-order valence-corrected chi connectivity index (χ1v) is 18.7. The van der Waals surface area contributed by atoms with Gasteiger partial charge in [0.1, 0.15) is 0 Å². The first-order chi connectivity index (χ1) is 19.2. The average Bonchev–Trinajstić information content (AvgIpc) is 2.93. The molecule has 0 saturated carbocycles. The number of rotatable bonds is 34. The molecule has 3 heteroatoms. The predicted molar refractivity (Wildman–Crippen MR) is 176 cm³/mol. The Morgan fingerprint density at radius 3 is 0.850 bits per heavy atom. The molecule has 0 radical (unpaired) electrons. The van der Waals surface area contributed by atoms with Crippen LogP contribution in [0.15, 0.2) is 0 Å². The van der Waals surface area contributed by atoms with Crippen LogP contribution in [0.4, 0.5) is 0 Å². The van der Waals surface area contributed by atoms with E-state index in [1.54, 1.807) is 0 Å². The van der Waals surface area contributed by atoms with E-state index in [2.05, 4.69) is 26.5 Å². The lowest BCUT2D eigenvalue weighted by Gasteiger charge is -2.20. The van der Waals surface area contributed by atoms with Gasteiger partial charge in [-0.25, -0.2) is 0 Å². The minimum Gasteiger partial charge on any atom is -1.00 e. The first kappa shape index (κ1) is 42.3. The van der Waals surface area contributed by atoms with Crippen LogP contribution >= 0.6 is 0 Å². The number of quaternary nitrogens is 1. The maximum atomic E-state index is 6.41. The average molecular weight is 588 g/mol. The highest BCUT2D eigenvalue weighted by Gasteiger charge is 2.15. The molecule has 0 aromatic rings. The van der Waals surface area contributed by atoms with Crippen LogP contribution in [0.3, 0.4) is 0 Å². The number of halogens is 1. The predicted octanol–water partition coefficient (Wildman–Crippen LogP) is 9.49. The minimum absolute atomic E-state index is 0. The second-order valence-electron chi connectivity index (χ2n) is 12.9. The van der Waals surface area contributed by atoms with Gasteiger partial charge in [0.2, 0.25) is 0 Å². The van der Waals surface area contributed by atoms with Gasteiger partial charge in [-0.05, 0) is 19.3 Å². The molecule has 244 valence electrons. The normalized spacial score (nSPS) is 12.2. The molecule has 0 saturated heterocycles. The summed E-state index contributed by atoms with van der Waals surface area (Å²) in [5.41, 5.74) is 4.28. The third-order valence-electron chi connectivity index (χ3n) is 8.75. The summed E-state index contributed by atoms with van der Waals surface area (Å²) in [5, 5.41) is 0. The van der Waals surface area contributed by atoms with Crippen molar-refractivity contribution in [2.24, 2.45) is 0 Å². The van der Waals surface area contributed by atoms with Crippen molar-refractivity contribution in [1.29, 1.82) is 0 Å². The van der Waals surface area contributed by atoms with E-state index in [1.807, 2.05) is 0 Å². The van der Waals surface area contributed by atoms with E-state index in [4.69, 9.17) is 4.74 Å². The topological polar surface area (TPSA) is 36.9 Å². The highest BCUT2D eigenvalue weighted by molar-refractivity contribution is 4.62. The monoisotopic (exact) mass is 588 g/mol. The molecule has 0 amide bonds. The molecule has 2 nitrogen and oxygen atoms in total. The molecule has 0 aromatic heterocycles. The molecule has 0 aliphatic carbocycles. The minimum atomic E-state index is 0. The summed E-state index contributed by atoms with van der Waals surface area (Å²) >= 11 is 0. The van der Waals surface area contributed by atoms with E-state index in [0.29, 0.717) is 6.10 Å². The second kappa shape index (κ2) is 37.2. The van der Waals surface area contributed by atoms with E-state index in [0.717, 1.165) is 6.42 Å². The highest BCUT2D eigenvalue weighted by atomic mass is 35.5. The molecule has 0 spiro atoms. The Labute approximate surface area is 260 Å². The molecule has 0 heterocycles. The number of unbranched alkanes of at least 4 members (excludes halogenated alkanes) is 26. The zero-order chi connectivity index (χ0) is 28.5. The van der Waals surface area contributed by atoms with Gasteiger partial charge < -0.3 is 22.9 Å². The van der Waals surface area contributed by atoms with E-state index < -0.39 is 0 Å². The van der Waals surface area contributed by atoms with Crippen molar-refractivity contribution >= 4 is 0 Å². The van der Waals surface area contributed by atoms with Gasteiger partial charge in [0.05, 0.1) is 6.10 Å². The third-order valence-corrected chi connectivity index (χ3v) is 8.75. The van der Waals surface area contributed by atoms with Crippen LogP contribution < -0.4 is 18.1 Å². The van der Waals surface area contributed by atoms with Crippen molar-refractivity contribution < 1.29 is 22.9 Å². The van der Waals surface area contributed by atoms with E-state index in [9.17, 15) is 0 Å². The van der Waals surface area contributed by atoms with Crippen molar-refractivity contribution in [3.8, 4) is 0 Å². The quantitative estimate of drug-likeness (QED) is 0.0590. The standard InChI is InChI=1S/C37H77NO.ClH/c1-4-7-9-11-13-15-17-19-21-23-25-27-29-31-34-36(39-37(38)33-6-3)35-32-30-28-26-24-22-20-18-16-14-12-10-8-5-2;/h36-37H,4-35,38H2,1-3H3;1H. The molecule has 0 aliphatic heterocycles. The zero-order valence-electron chi connectivity index (χ0n) is 28.3. The smallest absolute Gasteiger partial charge is 0.188 e. The lowest BCUT2D eigenvalue weighted by Crippen LogP contribution is -3.00. The van der Waals surface area contributed by atoms with Crippen LogP contribution in [0, 0.1) is 0 Å². The van der Waals surface area contributed by atoms with E-state index in [-0.39, 0.29) is 18.6 Å². The van der Waals surface area contributed by atoms with Gasteiger partial charge >= 0.3 is 0 Å². The molecule has 0 bridgehead atoms. The fraction of sp³-hybridized carbons (Fsp3) is 1.00. The molecule has 0 fully saturated rings. The molecular formula is C37H78ClNO. The Morgan fingerprint density at radius 1 is 0.350 bits per heavy atom. The van der Waals surface area contributed by atoms with Crippen LogP contribution in [0.2, 0.25) is 0 Å². The summed E-state index contributed by atoms with van der Waals surface area (Å²) in [6.45, 7) is 6.86. The molecule has 1 atom stereocenters. The van der Waals surface area contributed by atoms with Crippen molar-refractivity contribution in [2.75, 3.05) is 0 Å². The number of hydrogen-bond donors (Lipinski definition) is 1. The maximum absolute atomic E-state index is 6.41. The lowest BCUT2D eigenvalue weighted by molar-refractivity contribution is -0.499. The number of ether oxygens (including phenoxy) is 1. The van der Waals surface area contributed by atoms with Gasteiger partial charge in [-0.2, -0.15) is 0 Å². The van der Waals surface area contributed by atoms with Crippen LogP contribution in [-0.4, -0.2) is 12.3 Å². The summed E-state index contributed by atoms with van der Waals surface area (Å²) in [4.78, 5) is 0. The summed E-state index contributed by atoms with van der Waals surface area (Å²) in [5.74, 6) is 0. The molecule has 0 aliphatic rings. The van der Waals surface area contributed by atoms with E-state index in [1.165, 1.54) is 199 Å². The highest BCUT2D eigenvalue weighted by Crippen LogP contribution is 2.19. The Balaban J connectivity index is 0. The van der Waals surface area contributed by atoms with Gasteiger partial charge in [0, 0.05) is 6.42 Å². The Bertz CT molecular complexity index is 400. The van der Waals surface area contributed by atoms with Crippen molar-refractivity contribution in [1.82, 2.24) is 0 Å². The van der Waals surface area contributed by atoms with Crippen LogP contribution in [0.25, 0.3) is 0 Å². The third kappa shape index (κ3) is 34.4. The van der Waals surface area contributed by atoms with Gasteiger partial charge in [-0.15, -0.1) is 0 Å². The molecule has 1 unspecified atom stereocenters. The summed E-state index contributed by atoms with van der Waals surface area (Å²) in [6, 6.07) is 0. The van der Waals surface area contributed by atoms with Crippen LogP contribution in [0.5, 0.6) is 0 Å². The van der Waals surface area contributed by atoms with Crippen molar-refractivity contribution in [2.45, 2.75) is 239 Å². The van der Waals surface area contributed by atoms with Crippen molar-refractivity contribution in [3.05, 3.63) is 0 Å². The fourth-order valence-electron chi connectivity index (χ4n) is 6.08. The van der Waals surface area contributed by atoms with Crippen molar-refractivity contribution in [3.63, 3.8) is 0 Å². The first-order valence-electron chi connectivity index (χ1n) is 18.7. The summed E-state index contributed by atoms with van der Waals surface area (Å²) in [7, 11) is 0. The van der Waals surface area contributed by atoms with E-state index >= 15 is 0 Å². The Hall–Kier alpha value is 0.210. The molecule has 0 rings (SSSR count). The lowest BCUT2D eigenvalue weighted by atomic mass is 10.0. The van der Waals surface area contributed by atoms with Crippen LogP contribution in [0.1, 0.15) is 226 Å². The largest absolute Gasteiger partial charge is 1.00 e. The van der Waals surface area contributed by atoms with Gasteiger partial charge in [-0.1, -0.05) is 201 Å². The zero-order valence-corrected chi connectivity index (χ0v) is 29.0. The summed E-state index contributed by atoms with van der Waals surface area (Å²) in [6.07, 6.45) is 45.6. The molecule has 3 N–H and O–H groups in total. The fourth-order valence-corrected chi connectivity index (χ4v) is 6.08. The van der Waals surface area contributed by atoms with Crippen LogP contribution in [-0.2, 0) is 4.74 Å². The molecule has 40 heavy (non-hydrogen) atoms. The van der Waals surface area contributed by atoms with Gasteiger partial charge in [-0.3, -0.25) is 0 Å². The SMILES string of the molecule is CCCCCCCCCCCCCCCCC(CCCCCCCCCCCCCCCC)OC([NH3+])CCC.[Cl-]. The Kier molecular flexibility index (Phi) is 39.4. The second-order valence-corrected chi connectivity index (χ2v) is 12.9. The number of hydrogen-bond acceptors (Lipinski definition) is 1. The van der Waals surface area contributed by atoms with Gasteiger partial charge in [0.25, 0.3) is 0 Å². The molecule has 0 aromatic carbocycles. The maximum Gasteiger partial charge on any atom is 0.188 e. The summed E-state index contributed by atoms with van der Waals surface area (Å²) < 4.78 is 6.41. The molecular weight excluding hydrogens is 510 g/mol.